The number of Topliss-reactive ketones (excluding diaryl/α,β-unsaturated/α-hetero) is 1. The average molecular weight is 501 g/mol. The van der Waals surface area contributed by atoms with Crippen molar-refractivity contribution >= 4 is 51.3 Å². The number of carbonyl (C=O) groups excluding carboxylic acids is 3. The summed E-state index contributed by atoms with van der Waals surface area (Å²) >= 11 is 4.47. The number of rotatable bonds is 6. The molecule has 11 heteroatoms. The van der Waals surface area contributed by atoms with E-state index in [1.165, 1.54) is 32.9 Å². The van der Waals surface area contributed by atoms with E-state index in [9.17, 15) is 24.3 Å². The van der Waals surface area contributed by atoms with Gasteiger partial charge >= 0.3 is 5.97 Å². The molecule has 30 heavy (non-hydrogen) atoms. The number of amides is 2. The van der Waals surface area contributed by atoms with E-state index < -0.39 is 45.3 Å². The van der Waals surface area contributed by atoms with E-state index in [0.717, 1.165) is 4.90 Å². The van der Waals surface area contributed by atoms with Crippen LogP contribution in [0.15, 0.2) is 16.6 Å². The van der Waals surface area contributed by atoms with Gasteiger partial charge in [-0.15, -0.1) is 11.8 Å². The molecule has 0 spiro atoms. The SMILES string of the molecule is COc1ccc(Br)c(OC)c1C(=O)N[C@@]1(C(C)=O)C(=O)N2[C@@H](C(=O)O)C(C)(C)S[C@@H]21. The first-order chi connectivity index (χ1) is 13.9. The lowest BCUT2D eigenvalue weighted by atomic mass is 9.81. The predicted octanol–water partition coefficient (Wildman–Crippen LogP) is 1.67. The van der Waals surface area contributed by atoms with Crippen molar-refractivity contribution in [1.29, 1.82) is 0 Å². The molecule has 0 aliphatic carbocycles. The van der Waals surface area contributed by atoms with Crippen LogP contribution < -0.4 is 14.8 Å². The fourth-order valence-corrected chi connectivity index (χ4v) is 6.20. The maximum atomic E-state index is 13.2. The smallest absolute Gasteiger partial charge is 0.327 e. The van der Waals surface area contributed by atoms with Crippen LogP contribution in [0.2, 0.25) is 0 Å². The number of carboxylic acid groups (broad SMARTS) is 1. The van der Waals surface area contributed by atoms with Crippen molar-refractivity contribution in [2.75, 3.05) is 14.2 Å². The number of hydrogen-bond donors (Lipinski definition) is 2. The van der Waals surface area contributed by atoms with Crippen molar-refractivity contribution in [3.8, 4) is 11.5 Å². The van der Waals surface area contributed by atoms with Crippen molar-refractivity contribution in [2.24, 2.45) is 0 Å². The van der Waals surface area contributed by atoms with Crippen LogP contribution in [0.4, 0.5) is 0 Å². The molecule has 0 radical (unpaired) electrons. The van der Waals surface area contributed by atoms with Gasteiger partial charge in [0, 0.05) is 4.75 Å². The number of nitrogens with zero attached hydrogens (tertiary/aromatic N) is 1. The minimum atomic E-state index is -1.87. The van der Waals surface area contributed by atoms with Crippen LogP contribution in [0.5, 0.6) is 11.5 Å². The monoisotopic (exact) mass is 500 g/mol. The van der Waals surface area contributed by atoms with Gasteiger partial charge in [0.2, 0.25) is 5.54 Å². The molecule has 2 fully saturated rings. The maximum absolute atomic E-state index is 13.2. The van der Waals surface area contributed by atoms with Crippen molar-refractivity contribution in [1.82, 2.24) is 10.2 Å². The molecule has 1 aromatic carbocycles. The van der Waals surface area contributed by atoms with Crippen LogP contribution >= 0.6 is 27.7 Å². The van der Waals surface area contributed by atoms with Gasteiger partial charge in [-0.3, -0.25) is 14.4 Å². The summed E-state index contributed by atoms with van der Waals surface area (Å²) in [4.78, 5) is 51.9. The normalized spacial score (nSPS) is 26.5. The number of carboxylic acids is 1. The third-order valence-electron chi connectivity index (χ3n) is 5.37. The quantitative estimate of drug-likeness (QED) is 0.446. The molecule has 0 saturated carbocycles. The summed E-state index contributed by atoms with van der Waals surface area (Å²) in [5.74, 6) is -2.86. The lowest BCUT2D eigenvalue weighted by Gasteiger charge is -2.51. The topological polar surface area (TPSA) is 122 Å². The van der Waals surface area contributed by atoms with Gasteiger partial charge < -0.3 is 24.8 Å². The molecule has 3 atom stereocenters. The second kappa shape index (κ2) is 7.45. The second-order valence-corrected chi connectivity index (χ2v) is 10.1. The van der Waals surface area contributed by atoms with Gasteiger partial charge in [-0.1, -0.05) is 0 Å². The molecule has 2 aliphatic rings. The van der Waals surface area contributed by atoms with Gasteiger partial charge in [0.15, 0.2) is 5.78 Å². The van der Waals surface area contributed by atoms with Crippen molar-refractivity contribution in [2.45, 2.75) is 42.5 Å². The summed E-state index contributed by atoms with van der Waals surface area (Å²) in [6.45, 7) is 4.58. The molecule has 2 saturated heterocycles. The largest absolute Gasteiger partial charge is 0.496 e. The number of thioether (sulfide) groups is 1. The highest BCUT2D eigenvalue weighted by Gasteiger charge is 2.74. The van der Waals surface area contributed by atoms with Gasteiger partial charge in [0.25, 0.3) is 11.8 Å². The van der Waals surface area contributed by atoms with Crippen molar-refractivity contribution in [3.63, 3.8) is 0 Å². The maximum Gasteiger partial charge on any atom is 0.327 e. The lowest BCUT2D eigenvalue weighted by Crippen LogP contribution is -2.82. The van der Waals surface area contributed by atoms with Crippen LogP contribution in [0, 0.1) is 0 Å². The summed E-state index contributed by atoms with van der Waals surface area (Å²) in [7, 11) is 2.75. The number of β-lactam (4-membered cyclic amide) rings is 1. The molecular weight excluding hydrogens is 480 g/mol. The van der Waals surface area contributed by atoms with Gasteiger partial charge in [0.1, 0.15) is 28.5 Å². The number of fused-ring (bicyclic) bond motifs is 1. The van der Waals surface area contributed by atoms with Gasteiger partial charge in [0.05, 0.1) is 18.7 Å². The van der Waals surface area contributed by atoms with E-state index in [0.29, 0.717) is 4.47 Å². The molecule has 2 aliphatic heterocycles. The second-order valence-electron chi connectivity index (χ2n) is 7.50. The Kier molecular flexibility index (Phi) is 5.57. The number of aliphatic carboxylic acids is 1. The summed E-state index contributed by atoms with van der Waals surface area (Å²) in [5.41, 5.74) is -1.86. The third-order valence-corrected chi connectivity index (χ3v) is 7.63. The van der Waals surface area contributed by atoms with Crippen LogP contribution in [0.25, 0.3) is 0 Å². The molecular formula is C19H21BrN2O7S. The zero-order chi connectivity index (χ0) is 22.6. The zero-order valence-electron chi connectivity index (χ0n) is 16.9. The Morgan fingerprint density at radius 2 is 1.87 bits per heavy atom. The van der Waals surface area contributed by atoms with E-state index in [1.807, 2.05) is 0 Å². The first-order valence-corrected chi connectivity index (χ1v) is 10.6. The lowest BCUT2D eigenvalue weighted by molar-refractivity contribution is -0.170. The predicted molar refractivity (Wildman–Crippen MR) is 112 cm³/mol. The number of halogens is 1. The molecule has 2 heterocycles. The average Bonchev–Trinajstić information content (AvgIpc) is 2.93. The fourth-order valence-electron chi connectivity index (χ4n) is 3.95. The van der Waals surface area contributed by atoms with E-state index >= 15 is 0 Å². The number of carbonyl (C=O) groups is 4. The highest BCUT2D eigenvalue weighted by Crippen LogP contribution is 2.55. The number of nitrogens with one attached hydrogen (secondary N) is 1. The van der Waals surface area contributed by atoms with Crippen LogP contribution in [0.3, 0.4) is 0 Å². The Hall–Kier alpha value is -2.27. The Morgan fingerprint density at radius 1 is 1.23 bits per heavy atom. The van der Waals surface area contributed by atoms with E-state index in [1.54, 1.807) is 26.0 Å². The van der Waals surface area contributed by atoms with Crippen molar-refractivity contribution in [3.05, 3.63) is 22.2 Å². The minimum absolute atomic E-state index is 0.0123. The summed E-state index contributed by atoms with van der Waals surface area (Å²) in [5, 5.41) is 11.3. The Labute approximate surface area is 185 Å². The Bertz CT molecular complexity index is 966. The van der Waals surface area contributed by atoms with E-state index in [2.05, 4.69) is 21.2 Å². The fraction of sp³-hybridized carbons (Fsp3) is 0.474. The number of benzene rings is 1. The molecule has 0 aromatic heterocycles. The molecule has 1 aromatic rings. The molecule has 0 unspecified atom stereocenters. The molecule has 9 nitrogen and oxygen atoms in total. The van der Waals surface area contributed by atoms with Crippen LogP contribution in [0.1, 0.15) is 31.1 Å². The number of ketones is 1. The minimum Gasteiger partial charge on any atom is -0.496 e. The highest BCUT2D eigenvalue weighted by molar-refractivity contribution is 9.10. The molecule has 0 bridgehead atoms. The first kappa shape index (κ1) is 22.4. The molecule has 3 rings (SSSR count). The Morgan fingerprint density at radius 3 is 2.37 bits per heavy atom. The molecule has 162 valence electrons. The van der Waals surface area contributed by atoms with E-state index in [-0.39, 0.29) is 17.1 Å². The zero-order valence-corrected chi connectivity index (χ0v) is 19.3. The Balaban J connectivity index is 2.05. The third kappa shape index (κ3) is 2.97. The van der Waals surface area contributed by atoms with E-state index in [4.69, 9.17) is 9.47 Å². The van der Waals surface area contributed by atoms with Gasteiger partial charge in [-0.2, -0.15) is 0 Å². The number of hydrogen-bond acceptors (Lipinski definition) is 7. The van der Waals surface area contributed by atoms with Crippen LogP contribution in [-0.2, 0) is 14.4 Å². The van der Waals surface area contributed by atoms with Crippen LogP contribution in [-0.4, -0.2) is 69.5 Å². The first-order valence-electron chi connectivity index (χ1n) is 8.91. The summed E-state index contributed by atoms with van der Waals surface area (Å²) < 4.78 is 10.2. The summed E-state index contributed by atoms with van der Waals surface area (Å²) in [6, 6.07) is 2.07. The summed E-state index contributed by atoms with van der Waals surface area (Å²) in [6.07, 6.45) is 0. The standard InChI is InChI=1S/C19H21BrN2O7S/c1-8(23)19(16(27)22-13(15(25)26)18(2,3)30-17(19)22)21-14(24)11-10(28-4)7-6-9(20)12(11)29-5/h6-7,13,17H,1-5H3,(H,21,24)(H,25,26)/t13-,17+,19-/m0/s1. The van der Waals surface area contributed by atoms with Gasteiger partial charge in [-0.05, 0) is 48.8 Å². The van der Waals surface area contributed by atoms with Gasteiger partial charge in [-0.25, -0.2) is 4.79 Å². The van der Waals surface area contributed by atoms with Crippen molar-refractivity contribution < 1.29 is 33.8 Å². The molecule has 2 amide bonds. The molecule has 2 N–H and O–H groups in total. The number of ether oxygens (including phenoxy) is 2. The highest BCUT2D eigenvalue weighted by atomic mass is 79.9. The number of methoxy groups -OCH3 is 2.